The Bertz CT molecular complexity index is 769. The minimum atomic E-state index is -0.484. The monoisotopic (exact) mass is 363 g/mol. The van der Waals surface area contributed by atoms with Gasteiger partial charge >= 0.3 is 5.97 Å². The number of allylic oxidation sites excluding steroid dienone is 2. The third-order valence-corrected chi connectivity index (χ3v) is 5.44. The third kappa shape index (κ3) is 2.98. The Kier molecular flexibility index (Phi) is 5.01. The van der Waals surface area contributed by atoms with Gasteiger partial charge in [0.05, 0.1) is 17.9 Å². The van der Waals surface area contributed by atoms with Crippen molar-refractivity contribution in [3.8, 4) is 0 Å². The zero-order valence-electron chi connectivity index (χ0n) is 13.5. The molecule has 2 heterocycles. The van der Waals surface area contributed by atoms with Crippen LogP contribution in [0.3, 0.4) is 0 Å². The van der Waals surface area contributed by atoms with Crippen LogP contribution in [0.15, 0.2) is 46.8 Å². The van der Waals surface area contributed by atoms with Crippen LogP contribution in [0.25, 0.3) is 0 Å². The van der Waals surface area contributed by atoms with Gasteiger partial charge in [0, 0.05) is 33.7 Å². The van der Waals surface area contributed by atoms with Gasteiger partial charge in [-0.2, -0.15) is 0 Å². The summed E-state index contributed by atoms with van der Waals surface area (Å²) in [6.45, 7) is 3.88. The number of hydrogen-bond donors (Lipinski definition) is 1. The van der Waals surface area contributed by atoms with Crippen molar-refractivity contribution in [1.29, 1.82) is 0 Å². The van der Waals surface area contributed by atoms with Crippen LogP contribution in [0.2, 0.25) is 5.02 Å². The number of nitrogens with one attached hydrogen (secondary N) is 1. The minimum Gasteiger partial charge on any atom is -0.463 e. The van der Waals surface area contributed by atoms with Crippen LogP contribution >= 0.6 is 23.4 Å². The van der Waals surface area contributed by atoms with Crippen molar-refractivity contribution in [1.82, 2.24) is 5.32 Å². The lowest BCUT2D eigenvalue weighted by atomic mass is 9.79. The van der Waals surface area contributed by atoms with Gasteiger partial charge in [0.25, 0.3) is 0 Å². The SMILES string of the molecule is CCOC(=O)C1=C(C)NC2=C(C(=O)CSC2)C1c1ccccc1Cl. The molecule has 126 valence electrons. The van der Waals surface area contributed by atoms with Crippen LogP contribution in [0.1, 0.15) is 25.3 Å². The zero-order valence-corrected chi connectivity index (χ0v) is 15.1. The molecule has 2 aliphatic rings. The standard InChI is InChI=1S/C18H18ClNO3S/c1-3-23-18(22)15-10(2)20-13-8-24-9-14(21)17(13)16(15)11-6-4-5-7-12(11)19/h4-7,16,20H,3,8-9H2,1-2H3. The maximum absolute atomic E-state index is 12.6. The van der Waals surface area contributed by atoms with Crippen LogP contribution in [-0.4, -0.2) is 29.9 Å². The number of hydrogen-bond acceptors (Lipinski definition) is 5. The average Bonchev–Trinajstić information content (AvgIpc) is 2.54. The van der Waals surface area contributed by atoms with Crippen LogP contribution in [0.5, 0.6) is 0 Å². The van der Waals surface area contributed by atoms with Gasteiger partial charge in [-0.15, -0.1) is 11.8 Å². The molecule has 3 rings (SSSR count). The van der Waals surface area contributed by atoms with E-state index < -0.39 is 11.9 Å². The van der Waals surface area contributed by atoms with E-state index in [1.54, 1.807) is 24.8 Å². The molecule has 0 aliphatic carbocycles. The van der Waals surface area contributed by atoms with Crippen molar-refractivity contribution in [2.75, 3.05) is 18.1 Å². The van der Waals surface area contributed by atoms with Crippen molar-refractivity contribution in [3.05, 3.63) is 57.4 Å². The lowest BCUT2D eigenvalue weighted by molar-refractivity contribution is -0.138. The summed E-state index contributed by atoms with van der Waals surface area (Å²) in [6, 6.07) is 7.34. The number of halogens is 1. The molecular weight excluding hydrogens is 346 g/mol. The van der Waals surface area contributed by atoms with Crippen molar-refractivity contribution in [2.45, 2.75) is 19.8 Å². The average molecular weight is 364 g/mol. The molecule has 0 fully saturated rings. The van der Waals surface area contributed by atoms with Gasteiger partial charge in [0.2, 0.25) is 0 Å². The first-order chi connectivity index (χ1) is 11.5. The molecule has 1 unspecified atom stereocenters. The number of thioether (sulfide) groups is 1. The Balaban J connectivity index is 2.19. The molecule has 0 saturated heterocycles. The number of ketones is 1. The van der Waals surface area contributed by atoms with Crippen LogP contribution in [0, 0.1) is 0 Å². The van der Waals surface area contributed by atoms with Crippen LogP contribution in [0.4, 0.5) is 0 Å². The zero-order chi connectivity index (χ0) is 17.3. The number of esters is 1. The highest BCUT2D eigenvalue weighted by Crippen LogP contribution is 2.43. The topological polar surface area (TPSA) is 55.4 Å². The first kappa shape index (κ1) is 17.1. The van der Waals surface area contributed by atoms with Gasteiger partial charge in [-0.3, -0.25) is 4.79 Å². The van der Waals surface area contributed by atoms with E-state index in [1.807, 2.05) is 25.1 Å². The maximum Gasteiger partial charge on any atom is 0.336 e. The van der Waals surface area contributed by atoms with Gasteiger partial charge in [-0.1, -0.05) is 29.8 Å². The largest absolute Gasteiger partial charge is 0.463 e. The second kappa shape index (κ2) is 7.03. The molecule has 4 nitrogen and oxygen atoms in total. The van der Waals surface area contributed by atoms with Gasteiger partial charge in [-0.25, -0.2) is 4.79 Å². The van der Waals surface area contributed by atoms with Gasteiger partial charge in [0.1, 0.15) is 0 Å². The Labute approximate surface area is 150 Å². The third-order valence-electron chi connectivity index (χ3n) is 4.14. The van der Waals surface area contributed by atoms with Crippen LogP contribution in [-0.2, 0) is 14.3 Å². The number of carbonyl (C=O) groups excluding carboxylic acids is 2. The molecule has 0 radical (unpaired) electrons. The summed E-state index contributed by atoms with van der Waals surface area (Å²) in [7, 11) is 0. The van der Waals surface area contributed by atoms with Crippen molar-refractivity contribution >= 4 is 35.1 Å². The normalized spacial score (nSPS) is 20.6. The number of carbonyl (C=O) groups is 2. The summed E-state index contributed by atoms with van der Waals surface area (Å²) >= 11 is 7.97. The van der Waals surface area contributed by atoms with E-state index in [0.29, 0.717) is 27.6 Å². The summed E-state index contributed by atoms with van der Waals surface area (Å²) in [6.07, 6.45) is 0. The molecule has 6 heteroatoms. The van der Waals surface area contributed by atoms with E-state index >= 15 is 0 Å². The van der Waals surface area contributed by atoms with Gasteiger partial charge in [-0.05, 0) is 25.5 Å². The molecular formula is C18H18ClNO3S. The number of rotatable bonds is 3. The molecule has 1 N–H and O–H groups in total. The summed E-state index contributed by atoms with van der Waals surface area (Å²) in [5.41, 5.74) is 3.44. The smallest absolute Gasteiger partial charge is 0.336 e. The highest BCUT2D eigenvalue weighted by Gasteiger charge is 2.39. The first-order valence-corrected chi connectivity index (χ1v) is 9.31. The fourth-order valence-electron chi connectivity index (χ4n) is 3.16. The fourth-order valence-corrected chi connectivity index (χ4v) is 4.28. The van der Waals surface area contributed by atoms with E-state index in [4.69, 9.17) is 16.3 Å². The first-order valence-electron chi connectivity index (χ1n) is 7.77. The predicted molar refractivity (Wildman–Crippen MR) is 96.0 cm³/mol. The van der Waals surface area contributed by atoms with E-state index in [-0.39, 0.29) is 12.4 Å². The second-order valence-corrected chi connectivity index (χ2v) is 7.04. The summed E-state index contributed by atoms with van der Waals surface area (Å²) in [5, 5.41) is 3.77. The van der Waals surface area contributed by atoms with Crippen molar-refractivity contribution in [2.24, 2.45) is 0 Å². The molecule has 1 atom stereocenters. The molecule has 0 amide bonds. The summed E-state index contributed by atoms with van der Waals surface area (Å²) in [5.74, 6) is 0.270. The Morgan fingerprint density at radius 1 is 1.38 bits per heavy atom. The Morgan fingerprint density at radius 3 is 2.83 bits per heavy atom. The van der Waals surface area contributed by atoms with Gasteiger partial charge in [0.15, 0.2) is 5.78 Å². The van der Waals surface area contributed by atoms with Crippen molar-refractivity contribution < 1.29 is 14.3 Å². The number of benzene rings is 1. The molecule has 0 bridgehead atoms. The highest BCUT2D eigenvalue weighted by molar-refractivity contribution is 8.00. The van der Waals surface area contributed by atoms with Crippen molar-refractivity contribution in [3.63, 3.8) is 0 Å². The summed E-state index contributed by atoms with van der Waals surface area (Å²) < 4.78 is 5.24. The van der Waals surface area contributed by atoms with Gasteiger partial charge < -0.3 is 10.1 Å². The van der Waals surface area contributed by atoms with E-state index in [1.165, 1.54) is 0 Å². The fraction of sp³-hybridized carbons (Fsp3) is 0.333. The molecule has 1 aromatic carbocycles. The maximum atomic E-state index is 12.6. The minimum absolute atomic E-state index is 0.0352. The van der Waals surface area contributed by atoms with Crippen LogP contribution < -0.4 is 5.32 Å². The molecule has 0 spiro atoms. The second-order valence-electron chi connectivity index (χ2n) is 5.65. The Hall–Kier alpha value is -1.72. The number of dihydropyridines is 1. The van der Waals surface area contributed by atoms with E-state index in [0.717, 1.165) is 17.0 Å². The lowest BCUT2D eigenvalue weighted by Gasteiger charge is -2.34. The predicted octanol–water partition coefficient (Wildman–Crippen LogP) is 3.43. The lowest BCUT2D eigenvalue weighted by Crippen LogP contribution is -2.36. The molecule has 2 aliphatic heterocycles. The molecule has 0 saturated carbocycles. The van der Waals surface area contributed by atoms with E-state index in [2.05, 4.69) is 5.32 Å². The quantitative estimate of drug-likeness (QED) is 0.834. The Morgan fingerprint density at radius 2 is 2.12 bits per heavy atom. The number of ether oxygens (including phenoxy) is 1. The highest BCUT2D eigenvalue weighted by atomic mass is 35.5. The molecule has 0 aromatic heterocycles. The number of Topliss-reactive ketones (excluding diaryl/α,β-unsaturated/α-hetero) is 1. The van der Waals surface area contributed by atoms with E-state index in [9.17, 15) is 9.59 Å². The molecule has 1 aromatic rings. The summed E-state index contributed by atoms with van der Waals surface area (Å²) in [4.78, 5) is 25.2. The molecule has 24 heavy (non-hydrogen) atoms.